The highest BCUT2D eigenvalue weighted by atomic mass is 19.4. The highest BCUT2D eigenvalue weighted by Gasteiger charge is 2.37. The molecule has 0 unspecified atom stereocenters. The Morgan fingerprint density at radius 2 is 2.03 bits per heavy atom. The second-order valence-corrected chi connectivity index (χ2v) is 7.93. The van der Waals surface area contributed by atoms with Crippen LogP contribution in [0.1, 0.15) is 48.8 Å². The van der Waals surface area contributed by atoms with Gasteiger partial charge in [-0.2, -0.15) is 13.2 Å². The molecule has 0 amide bonds. The number of alkyl halides is 3. The fourth-order valence-corrected chi connectivity index (χ4v) is 3.74. The van der Waals surface area contributed by atoms with E-state index in [2.05, 4.69) is 29.1 Å². The minimum atomic E-state index is -4.67. The van der Waals surface area contributed by atoms with E-state index in [4.69, 9.17) is 0 Å². The Morgan fingerprint density at radius 1 is 1.28 bits per heavy atom. The highest BCUT2D eigenvalue weighted by molar-refractivity contribution is 6.08. The Balaban J connectivity index is 1.98. The van der Waals surface area contributed by atoms with Gasteiger partial charge in [-0.3, -0.25) is 9.78 Å². The zero-order valence-corrected chi connectivity index (χ0v) is 16.7. The molecule has 1 saturated heterocycles. The lowest BCUT2D eigenvalue weighted by atomic mass is 10.00. The van der Waals surface area contributed by atoms with Crippen LogP contribution >= 0.6 is 0 Å². The number of hydrogen-bond donors (Lipinski definition) is 1. The second-order valence-electron chi connectivity index (χ2n) is 7.93. The van der Waals surface area contributed by atoms with E-state index in [1.54, 1.807) is 0 Å². The summed E-state index contributed by atoms with van der Waals surface area (Å²) in [4.78, 5) is 22.8. The molecule has 0 bridgehead atoms. The van der Waals surface area contributed by atoms with Gasteiger partial charge in [-0.1, -0.05) is 13.8 Å². The van der Waals surface area contributed by atoms with Crippen molar-refractivity contribution >= 4 is 11.6 Å². The number of ketones is 1. The molecule has 0 radical (unpaired) electrons. The third-order valence-electron chi connectivity index (χ3n) is 4.86. The summed E-state index contributed by atoms with van der Waals surface area (Å²) in [5, 5.41) is 3.52. The molecule has 1 aliphatic heterocycles. The zero-order chi connectivity index (χ0) is 21.2. The minimum absolute atomic E-state index is 0.0778. The Morgan fingerprint density at radius 3 is 2.66 bits per heavy atom. The van der Waals surface area contributed by atoms with Gasteiger partial charge in [-0.25, -0.2) is 4.98 Å². The van der Waals surface area contributed by atoms with E-state index >= 15 is 0 Å². The number of carbonyl (C=O) groups excluding carboxylic acids is 1. The number of anilines is 1. The normalized spacial score (nSPS) is 20.2. The van der Waals surface area contributed by atoms with Crippen LogP contribution in [0.3, 0.4) is 0 Å². The van der Waals surface area contributed by atoms with Crippen LogP contribution in [-0.4, -0.2) is 40.9 Å². The van der Waals surface area contributed by atoms with Gasteiger partial charge in [0.2, 0.25) is 5.78 Å². The third kappa shape index (κ3) is 5.12. The van der Waals surface area contributed by atoms with Gasteiger partial charge in [-0.15, -0.1) is 0 Å². The molecule has 2 atom stereocenters. The Labute approximate surface area is 168 Å². The number of hydrogen-bond acceptors (Lipinski definition) is 5. The van der Waals surface area contributed by atoms with Gasteiger partial charge in [-0.05, 0) is 43.5 Å². The largest absolute Gasteiger partial charge is 0.418 e. The first-order chi connectivity index (χ1) is 13.6. The summed E-state index contributed by atoms with van der Waals surface area (Å²) in [6.07, 6.45) is -1.01. The molecule has 1 N–H and O–H groups in total. The number of aromatic nitrogens is 2. The zero-order valence-electron chi connectivity index (χ0n) is 16.7. The van der Waals surface area contributed by atoms with Crippen LogP contribution in [0.25, 0.3) is 0 Å². The van der Waals surface area contributed by atoms with Gasteiger partial charge in [0.05, 0.1) is 5.56 Å². The van der Waals surface area contributed by atoms with E-state index < -0.39 is 23.2 Å². The average Bonchev–Trinajstić information content (AvgIpc) is 2.66. The molecular weight excluding hydrogens is 381 g/mol. The molecule has 0 spiro atoms. The van der Waals surface area contributed by atoms with Crippen molar-refractivity contribution in [1.82, 2.24) is 15.3 Å². The lowest BCUT2D eigenvalue weighted by Gasteiger charge is -2.39. The first-order valence-electron chi connectivity index (χ1n) is 9.69. The van der Waals surface area contributed by atoms with Gasteiger partial charge < -0.3 is 10.2 Å². The number of pyridine rings is 2. The number of nitrogens with zero attached hydrogens (tertiary/aromatic N) is 3. The summed E-state index contributed by atoms with van der Waals surface area (Å²) in [5.41, 5.74) is -1.54. The molecule has 0 aromatic carbocycles. The smallest absolute Gasteiger partial charge is 0.353 e. The van der Waals surface area contributed by atoms with Crippen LogP contribution in [0, 0.1) is 5.92 Å². The summed E-state index contributed by atoms with van der Waals surface area (Å²) in [7, 11) is 0. The third-order valence-corrected chi connectivity index (χ3v) is 4.86. The van der Waals surface area contributed by atoms with Gasteiger partial charge in [0.1, 0.15) is 11.5 Å². The minimum Gasteiger partial charge on any atom is -0.353 e. The maximum absolute atomic E-state index is 13.5. The van der Waals surface area contributed by atoms with E-state index in [1.807, 2.05) is 11.8 Å². The molecule has 1 fully saturated rings. The summed E-state index contributed by atoms with van der Waals surface area (Å²) in [6.45, 7) is 7.53. The maximum atomic E-state index is 13.5. The van der Waals surface area contributed by atoms with Crippen molar-refractivity contribution in [3.05, 3.63) is 53.5 Å². The topological polar surface area (TPSA) is 58.1 Å². The standard InChI is InChI=1S/C21H25F3N4O/c1-13(2)9-16-12-28(11-14(3)26-16)18-7-6-17(21(22,23)24)19(27-18)20(29)15-5-4-8-25-10-15/h4-8,10,13-14,16,26H,9,11-12H2,1-3H3/t14-,16+/m1/s1. The fraction of sp³-hybridized carbons (Fsp3) is 0.476. The van der Waals surface area contributed by atoms with Gasteiger partial charge in [0.15, 0.2) is 0 Å². The van der Waals surface area contributed by atoms with Gasteiger partial charge in [0.25, 0.3) is 0 Å². The number of piperazine rings is 1. The Kier molecular flexibility index (Phi) is 6.21. The summed E-state index contributed by atoms with van der Waals surface area (Å²) >= 11 is 0. The van der Waals surface area contributed by atoms with Crippen molar-refractivity contribution in [1.29, 1.82) is 0 Å². The Bertz CT molecular complexity index is 853. The summed E-state index contributed by atoms with van der Waals surface area (Å²) in [6, 6.07) is 5.63. The number of halogens is 3. The first-order valence-corrected chi connectivity index (χ1v) is 9.69. The van der Waals surface area contributed by atoms with Crippen molar-refractivity contribution in [3.8, 4) is 0 Å². The molecular formula is C21H25F3N4O. The molecule has 5 nitrogen and oxygen atoms in total. The lowest BCUT2D eigenvalue weighted by Crippen LogP contribution is -2.56. The van der Waals surface area contributed by atoms with Crippen molar-refractivity contribution in [3.63, 3.8) is 0 Å². The monoisotopic (exact) mass is 406 g/mol. The summed E-state index contributed by atoms with van der Waals surface area (Å²) < 4.78 is 40.6. The SMILES string of the molecule is CC(C)C[C@H]1CN(c2ccc(C(F)(F)F)c(C(=O)c3cccnc3)n2)C[C@@H](C)N1. The second kappa shape index (κ2) is 8.49. The van der Waals surface area contributed by atoms with Gasteiger partial charge in [0, 0.05) is 43.1 Å². The molecule has 156 valence electrons. The van der Waals surface area contributed by atoms with Crippen molar-refractivity contribution in [2.75, 3.05) is 18.0 Å². The van der Waals surface area contributed by atoms with Crippen molar-refractivity contribution < 1.29 is 18.0 Å². The first kappa shape index (κ1) is 21.2. The van der Waals surface area contributed by atoms with E-state index in [1.165, 1.54) is 30.6 Å². The predicted molar refractivity (Wildman–Crippen MR) is 105 cm³/mol. The molecule has 0 saturated carbocycles. The van der Waals surface area contributed by atoms with Crippen LogP contribution in [0.2, 0.25) is 0 Å². The van der Waals surface area contributed by atoms with Crippen LogP contribution in [-0.2, 0) is 6.18 Å². The molecule has 3 rings (SSSR count). The van der Waals surface area contributed by atoms with Crippen LogP contribution in [0.15, 0.2) is 36.7 Å². The van der Waals surface area contributed by atoms with E-state index in [0.29, 0.717) is 24.8 Å². The lowest BCUT2D eigenvalue weighted by molar-refractivity contribution is -0.138. The van der Waals surface area contributed by atoms with E-state index in [-0.39, 0.29) is 17.6 Å². The van der Waals surface area contributed by atoms with Crippen LogP contribution < -0.4 is 10.2 Å². The molecule has 1 aliphatic rings. The Hall–Kier alpha value is -2.48. The van der Waals surface area contributed by atoms with Crippen LogP contribution in [0.4, 0.5) is 19.0 Å². The molecule has 3 heterocycles. The molecule has 8 heteroatoms. The molecule has 2 aromatic heterocycles. The highest BCUT2D eigenvalue weighted by Crippen LogP contribution is 2.34. The number of carbonyl (C=O) groups is 1. The predicted octanol–water partition coefficient (Wildman–Crippen LogP) is 3.94. The fourth-order valence-electron chi connectivity index (χ4n) is 3.74. The molecule has 29 heavy (non-hydrogen) atoms. The quantitative estimate of drug-likeness (QED) is 0.763. The summed E-state index contributed by atoms with van der Waals surface area (Å²) in [5.74, 6) is 0.0875. The molecule has 0 aliphatic carbocycles. The van der Waals surface area contributed by atoms with Crippen LogP contribution in [0.5, 0.6) is 0 Å². The number of nitrogens with one attached hydrogen (secondary N) is 1. The maximum Gasteiger partial charge on any atom is 0.418 e. The van der Waals surface area contributed by atoms with Crippen molar-refractivity contribution in [2.24, 2.45) is 5.92 Å². The van der Waals surface area contributed by atoms with E-state index in [9.17, 15) is 18.0 Å². The van der Waals surface area contributed by atoms with E-state index in [0.717, 1.165) is 12.5 Å². The number of rotatable bonds is 5. The molecule has 2 aromatic rings. The average molecular weight is 406 g/mol. The van der Waals surface area contributed by atoms with Crippen molar-refractivity contribution in [2.45, 2.75) is 45.5 Å². The van der Waals surface area contributed by atoms with Gasteiger partial charge >= 0.3 is 6.18 Å².